The molecule has 27 heavy (non-hydrogen) atoms. The molecule has 0 aliphatic heterocycles. The molecule has 1 N–H and O–H groups in total. The van der Waals surface area contributed by atoms with Gasteiger partial charge < -0.3 is 14.8 Å². The molecule has 1 heterocycles. The van der Waals surface area contributed by atoms with E-state index in [1.807, 2.05) is 37.3 Å². The molecule has 0 aliphatic carbocycles. The Morgan fingerprint density at radius 1 is 0.963 bits per heavy atom. The van der Waals surface area contributed by atoms with Gasteiger partial charge >= 0.3 is 5.97 Å². The lowest BCUT2D eigenvalue weighted by Crippen LogP contribution is -2.14. The maximum atomic E-state index is 12.5. The van der Waals surface area contributed by atoms with Gasteiger partial charge in [0, 0.05) is 16.0 Å². The number of amides is 1. The van der Waals surface area contributed by atoms with Crippen LogP contribution in [0.15, 0.2) is 54.6 Å². The topological polar surface area (TPSA) is 64.6 Å². The highest BCUT2D eigenvalue weighted by atomic mass is 32.1. The number of hydrogen-bond donors (Lipinski definition) is 1. The van der Waals surface area contributed by atoms with E-state index in [0.29, 0.717) is 16.1 Å². The number of carbonyl (C=O) groups is 2. The van der Waals surface area contributed by atoms with E-state index < -0.39 is 5.97 Å². The van der Waals surface area contributed by atoms with E-state index >= 15 is 0 Å². The first-order valence-corrected chi connectivity index (χ1v) is 9.09. The second kappa shape index (κ2) is 8.05. The third-order valence-corrected chi connectivity index (χ3v) is 5.14. The van der Waals surface area contributed by atoms with Crippen molar-refractivity contribution in [3.8, 4) is 16.9 Å². The molecule has 0 atom stereocenters. The largest absolute Gasteiger partial charge is 0.497 e. The summed E-state index contributed by atoms with van der Waals surface area (Å²) in [5.74, 6) is -0.0410. The minimum Gasteiger partial charge on any atom is -0.497 e. The zero-order valence-corrected chi connectivity index (χ0v) is 16.1. The van der Waals surface area contributed by atoms with Gasteiger partial charge in [0.15, 0.2) is 0 Å². The van der Waals surface area contributed by atoms with Crippen LogP contribution >= 0.6 is 11.3 Å². The van der Waals surface area contributed by atoms with Crippen LogP contribution in [-0.4, -0.2) is 26.1 Å². The third-order valence-electron chi connectivity index (χ3n) is 4.12. The lowest BCUT2D eigenvalue weighted by atomic mass is 10.0. The molecule has 1 amide bonds. The van der Waals surface area contributed by atoms with E-state index in [1.54, 1.807) is 31.4 Å². The fourth-order valence-electron chi connectivity index (χ4n) is 2.80. The maximum absolute atomic E-state index is 12.5. The predicted octanol–water partition coefficient (Wildman–Crippen LogP) is 4.77. The van der Waals surface area contributed by atoms with Crippen LogP contribution in [0, 0.1) is 6.92 Å². The van der Waals surface area contributed by atoms with Crippen LogP contribution in [0.2, 0.25) is 0 Å². The standard InChI is InChI=1S/C21H19NO4S/c1-13-17(14-9-11-16(25-2)12-10-14)18(21(24)26-3)20(27-13)22-19(23)15-7-5-4-6-8-15/h4-12H,1-3H3,(H,22,23). The first-order chi connectivity index (χ1) is 13.0. The lowest BCUT2D eigenvalue weighted by Gasteiger charge is -2.09. The first-order valence-electron chi connectivity index (χ1n) is 8.27. The summed E-state index contributed by atoms with van der Waals surface area (Å²) < 4.78 is 10.2. The van der Waals surface area contributed by atoms with Crippen molar-refractivity contribution < 1.29 is 19.1 Å². The number of rotatable bonds is 5. The molecule has 0 saturated heterocycles. The number of esters is 1. The molecule has 5 nitrogen and oxygen atoms in total. The third kappa shape index (κ3) is 3.85. The van der Waals surface area contributed by atoms with Crippen molar-refractivity contribution in [1.29, 1.82) is 0 Å². The molecule has 0 radical (unpaired) electrons. The number of benzene rings is 2. The summed E-state index contributed by atoms with van der Waals surface area (Å²) in [7, 11) is 2.93. The van der Waals surface area contributed by atoms with Crippen molar-refractivity contribution in [2.45, 2.75) is 6.92 Å². The molecule has 138 valence electrons. The molecular weight excluding hydrogens is 362 g/mol. The van der Waals surface area contributed by atoms with Gasteiger partial charge in [-0.1, -0.05) is 30.3 Å². The van der Waals surface area contributed by atoms with E-state index in [4.69, 9.17) is 9.47 Å². The number of methoxy groups -OCH3 is 2. The summed E-state index contributed by atoms with van der Waals surface area (Å²) in [4.78, 5) is 25.9. The molecule has 2 aromatic carbocycles. The maximum Gasteiger partial charge on any atom is 0.341 e. The molecule has 0 saturated carbocycles. The van der Waals surface area contributed by atoms with Gasteiger partial charge in [-0.05, 0) is 36.8 Å². The number of thiophene rings is 1. The van der Waals surface area contributed by atoms with Crippen molar-refractivity contribution >= 4 is 28.2 Å². The zero-order valence-electron chi connectivity index (χ0n) is 15.2. The quantitative estimate of drug-likeness (QED) is 0.647. The number of hydrogen-bond acceptors (Lipinski definition) is 5. The minimum atomic E-state index is -0.492. The van der Waals surface area contributed by atoms with Crippen LogP contribution in [0.5, 0.6) is 5.75 Å². The number of aryl methyl sites for hydroxylation is 1. The second-order valence-electron chi connectivity index (χ2n) is 5.78. The SMILES string of the molecule is COC(=O)c1c(NC(=O)c2ccccc2)sc(C)c1-c1ccc(OC)cc1. The van der Waals surface area contributed by atoms with Gasteiger partial charge in [0.2, 0.25) is 0 Å². The molecule has 1 aromatic heterocycles. The summed E-state index contributed by atoms with van der Waals surface area (Å²) >= 11 is 1.35. The number of ether oxygens (including phenoxy) is 2. The van der Waals surface area contributed by atoms with Crippen molar-refractivity contribution in [3.05, 3.63) is 70.6 Å². The highest BCUT2D eigenvalue weighted by Crippen LogP contribution is 2.40. The van der Waals surface area contributed by atoms with Crippen LogP contribution in [0.1, 0.15) is 25.6 Å². The van der Waals surface area contributed by atoms with Crippen LogP contribution in [0.3, 0.4) is 0 Å². The lowest BCUT2D eigenvalue weighted by molar-refractivity contribution is 0.0603. The van der Waals surface area contributed by atoms with Crippen molar-refractivity contribution in [2.75, 3.05) is 19.5 Å². The molecule has 0 aliphatic rings. The second-order valence-corrected chi connectivity index (χ2v) is 7.00. The molecule has 3 aromatic rings. The van der Waals surface area contributed by atoms with Gasteiger partial charge in [-0.3, -0.25) is 4.79 Å². The monoisotopic (exact) mass is 381 g/mol. The Balaban J connectivity index is 2.04. The molecule has 0 bridgehead atoms. The van der Waals surface area contributed by atoms with E-state index in [9.17, 15) is 9.59 Å². The number of anilines is 1. The summed E-state index contributed by atoms with van der Waals surface area (Å²) in [6.07, 6.45) is 0. The number of nitrogens with one attached hydrogen (secondary N) is 1. The Labute approximate surface area is 161 Å². The smallest absolute Gasteiger partial charge is 0.341 e. The minimum absolute atomic E-state index is 0.275. The van der Waals surface area contributed by atoms with E-state index in [0.717, 1.165) is 21.8 Å². The van der Waals surface area contributed by atoms with Crippen LogP contribution in [0.4, 0.5) is 5.00 Å². The van der Waals surface area contributed by atoms with Gasteiger partial charge in [0.1, 0.15) is 16.3 Å². The summed E-state index contributed by atoms with van der Waals surface area (Å²) in [6.45, 7) is 1.91. The van der Waals surface area contributed by atoms with Gasteiger partial charge in [-0.15, -0.1) is 11.3 Å². The van der Waals surface area contributed by atoms with Gasteiger partial charge in [-0.25, -0.2) is 4.79 Å². The molecule has 6 heteroatoms. The van der Waals surface area contributed by atoms with Crippen LogP contribution in [-0.2, 0) is 4.74 Å². The van der Waals surface area contributed by atoms with Gasteiger partial charge in [0.05, 0.1) is 14.2 Å². The average molecular weight is 381 g/mol. The van der Waals surface area contributed by atoms with E-state index in [-0.39, 0.29) is 5.91 Å². The molecule has 0 spiro atoms. The normalized spacial score (nSPS) is 10.3. The van der Waals surface area contributed by atoms with Crippen molar-refractivity contribution in [1.82, 2.24) is 0 Å². The zero-order chi connectivity index (χ0) is 19.4. The Kier molecular flexibility index (Phi) is 5.57. The molecular formula is C21H19NO4S. The number of carbonyl (C=O) groups excluding carboxylic acids is 2. The van der Waals surface area contributed by atoms with E-state index in [1.165, 1.54) is 18.4 Å². The Morgan fingerprint density at radius 3 is 2.22 bits per heavy atom. The molecule has 0 fully saturated rings. The van der Waals surface area contributed by atoms with Gasteiger partial charge in [-0.2, -0.15) is 0 Å². The van der Waals surface area contributed by atoms with Crippen molar-refractivity contribution in [2.24, 2.45) is 0 Å². The van der Waals surface area contributed by atoms with Gasteiger partial charge in [0.25, 0.3) is 5.91 Å². The van der Waals surface area contributed by atoms with Crippen LogP contribution < -0.4 is 10.1 Å². The Bertz CT molecular complexity index is 962. The Hall–Kier alpha value is -3.12. The van der Waals surface area contributed by atoms with E-state index in [2.05, 4.69) is 5.32 Å². The highest BCUT2D eigenvalue weighted by molar-refractivity contribution is 7.17. The summed E-state index contributed by atoms with van der Waals surface area (Å²) in [5, 5.41) is 3.32. The molecule has 3 rings (SSSR count). The first kappa shape index (κ1) is 18.7. The average Bonchev–Trinajstić information content (AvgIpc) is 3.03. The molecule has 0 unspecified atom stereocenters. The Morgan fingerprint density at radius 2 is 1.63 bits per heavy atom. The summed E-state index contributed by atoms with van der Waals surface area (Å²) in [6, 6.07) is 16.3. The van der Waals surface area contributed by atoms with Crippen LogP contribution in [0.25, 0.3) is 11.1 Å². The fraction of sp³-hybridized carbons (Fsp3) is 0.143. The predicted molar refractivity (Wildman–Crippen MR) is 107 cm³/mol. The summed E-state index contributed by atoms with van der Waals surface area (Å²) in [5.41, 5.74) is 2.47. The van der Waals surface area contributed by atoms with Crippen molar-refractivity contribution in [3.63, 3.8) is 0 Å². The highest BCUT2D eigenvalue weighted by Gasteiger charge is 2.25. The fourth-order valence-corrected chi connectivity index (χ4v) is 3.86.